The van der Waals surface area contributed by atoms with Crippen LogP contribution in [0.4, 0.5) is 16.0 Å². The monoisotopic (exact) mass is 454 g/mol. The summed E-state index contributed by atoms with van der Waals surface area (Å²) in [4.78, 5) is 11.3. The molecule has 0 radical (unpaired) electrons. The molecule has 4 aromatic rings. The van der Waals surface area contributed by atoms with E-state index in [2.05, 4.69) is 27.0 Å². The number of nitrogens with two attached hydrogens (primary N) is 1. The summed E-state index contributed by atoms with van der Waals surface area (Å²) in [6.07, 6.45) is 3.75. The maximum atomic E-state index is 14.4. The van der Waals surface area contributed by atoms with Crippen LogP contribution in [0.2, 0.25) is 0 Å². The Labute approximate surface area is 189 Å². The van der Waals surface area contributed by atoms with Gasteiger partial charge in [0, 0.05) is 36.7 Å². The molecule has 1 aromatic carbocycles. The number of hydrogen-bond acceptors (Lipinski definition) is 8. The molecule has 174 valence electrons. The molecule has 11 heteroatoms. The zero-order valence-corrected chi connectivity index (χ0v) is 19.0. The molecular formula is C22H27FN8O2. The summed E-state index contributed by atoms with van der Waals surface area (Å²) in [5.41, 5.74) is 7.25. The third-order valence-electron chi connectivity index (χ3n) is 6.06. The molecule has 0 bridgehead atoms. The third kappa shape index (κ3) is 3.82. The number of benzene rings is 1. The van der Waals surface area contributed by atoms with Gasteiger partial charge in [-0.25, -0.2) is 14.4 Å². The highest BCUT2D eigenvalue weighted by Crippen LogP contribution is 2.35. The minimum atomic E-state index is -0.842. The van der Waals surface area contributed by atoms with Gasteiger partial charge < -0.3 is 20.5 Å². The van der Waals surface area contributed by atoms with Crippen LogP contribution in [0.5, 0.6) is 5.75 Å². The summed E-state index contributed by atoms with van der Waals surface area (Å²) >= 11 is 0. The molecule has 0 amide bonds. The smallest absolute Gasteiger partial charge is 0.223 e. The second-order valence-electron chi connectivity index (χ2n) is 9.38. The van der Waals surface area contributed by atoms with Crippen LogP contribution in [0, 0.1) is 11.7 Å². The zero-order valence-electron chi connectivity index (χ0n) is 19.0. The van der Waals surface area contributed by atoms with Crippen molar-refractivity contribution in [1.29, 1.82) is 0 Å². The molecule has 1 fully saturated rings. The number of nitrogens with zero attached hydrogens (tertiary/aromatic N) is 7. The number of aromatic nitrogens is 6. The van der Waals surface area contributed by atoms with Gasteiger partial charge in [0.15, 0.2) is 23.0 Å². The molecule has 0 spiro atoms. The van der Waals surface area contributed by atoms with Crippen LogP contribution in [-0.4, -0.2) is 60.3 Å². The van der Waals surface area contributed by atoms with E-state index in [1.54, 1.807) is 18.5 Å². The highest BCUT2D eigenvalue weighted by atomic mass is 19.1. The van der Waals surface area contributed by atoms with E-state index >= 15 is 0 Å². The first-order valence-corrected chi connectivity index (χ1v) is 10.8. The van der Waals surface area contributed by atoms with Crippen molar-refractivity contribution < 1.29 is 14.2 Å². The Morgan fingerprint density at radius 2 is 2.06 bits per heavy atom. The Balaban J connectivity index is 1.47. The second kappa shape index (κ2) is 7.55. The predicted molar refractivity (Wildman–Crippen MR) is 122 cm³/mol. The number of aliphatic hydroxyl groups is 1. The number of ether oxygens (including phenoxy) is 1. The highest BCUT2D eigenvalue weighted by Gasteiger charge is 2.35. The van der Waals surface area contributed by atoms with Gasteiger partial charge in [-0.3, -0.25) is 4.68 Å². The lowest BCUT2D eigenvalue weighted by molar-refractivity contribution is 0.0577. The van der Waals surface area contributed by atoms with Gasteiger partial charge >= 0.3 is 0 Å². The van der Waals surface area contributed by atoms with E-state index in [9.17, 15) is 9.50 Å². The summed E-state index contributed by atoms with van der Waals surface area (Å²) in [7, 11) is 1.41. The van der Waals surface area contributed by atoms with Crippen LogP contribution in [0.1, 0.15) is 32.5 Å². The predicted octanol–water partition coefficient (Wildman–Crippen LogP) is 2.21. The number of methoxy groups -OCH3 is 1. The van der Waals surface area contributed by atoms with Gasteiger partial charge in [0.2, 0.25) is 5.95 Å². The summed E-state index contributed by atoms with van der Waals surface area (Å²) < 4.78 is 22.7. The molecule has 2 atom stereocenters. The van der Waals surface area contributed by atoms with E-state index in [0.717, 1.165) is 12.2 Å². The van der Waals surface area contributed by atoms with E-state index in [4.69, 9.17) is 15.5 Å². The topological polar surface area (TPSA) is 120 Å². The maximum absolute atomic E-state index is 14.4. The van der Waals surface area contributed by atoms with Crippen molar-refractivity contribution in [3.8, 4) is 5.75 Å². The van der Waals surface area contributed by atoms with Crippen molar-refractivity contribution >= 4 is 28.2 Å². The minimum absolute atomic E-state index is 0.0556. The summed E-state index contributed by atoms with van der Waals surface area (Å²) in [6, 6.07) is 2.87. The zero-order chi connectivity index (χ0) is 23.5. The Hall–Kier alpha value is -3.47. The van der Waals surface area contributed by atoms with Crippen LogP contribution in [-0.2, 0) is 6.54 Å². The molecule has 0 saturated carbocycles. The third-order valence-corrected chi connectivity index (χ3v) is 6.06. The van der Waals surface area contributed by atoms with Crippen LogP contribution < -0.4 is 15.4 Å². The van der Waals surface area contributed by atoms with Gasteiger partial charge in [-0.1, -0.05) is 6.92 Å². The number of hydrogen-bond donors (Lipinski definition) is 2. The van der Waals surface area contributed by atoms with Crippen molar-refractivity contribution in [3.63, 3.8) is 0 Å². The standard InChI is InChI=1S/C22H27FN8O2/c1-12-8-29(13-7-25-30(9-13)11-22(2,3)32)10-15(12)19-27-20-14-5-16(23)18(33-4)6-17(14)26-21(24)31(20)28-19/h5-7,9,12,15,32H,8,10-11H2,1-4H3,(H2,24,26)/t12-,15?/m1/s1. The number of halogens is 1. The van der Waals surface area contributed by atoms with Crippen molar-refractivity contribution in [3.05, 3.63) is 36.2 Å². The minimum Gasteiger partial charge on any atom is -0.494 e. The average Bonchev–Trinajstić information content (AvgIpc) is 3.45. The quantitative estimate of drug-likeness (QED) is 0.471. The Kier molecular flexibility index (Phi) is 4.89. The molecule has 1 unspecified atom stereocenters. The van der Waals surface area contributed by atoms with Crippen molar-refractivity contribution in [2.75, 3.05) is 30.8 Å². The first-order chi connectivity index (χ1) is 15.6. The van der Waals surface area contributed by atoms with E-state index in [-0.39, 0.29) is 23.5 Å². The lowest BCUT2D eigenvalue weighted by atomic mass is 9.98. The van der Waals surface area contributed by atoms with E-state index in [0.29, 0.717) is 35.5 Å². The lowest BCUT2D eigenvalue weighted by Gasteiger charge is -2.17. The fourth-order valence-electron chi connectivity index (χ4n) is 4.47. The molecule has 1 aliphatic rings. The molecule has 33 heavy (non-hydrogen) atoms. The number of nitrogen functional groups attached to an aromatic ring is 1. The summed E-state index contributed by atoms with van der Waals surface area (Å²) in [6.45, 7) is 7.60. The highest BCUT2D eigenvalue weighted by molar-refractivity contribution is 5.93. The molecule has 3 aromatic heterocycles. The van der Waals surface area contributed by atoms with Crippen molar-refractivity contribution in [1.82, 2.24) is 29.4 Å². The molecular weight excluding hydrogens is 427 g/mol. The SMILES string of the molecule is COc1cc2nc(N)n3nc(C4CN(c5cnn(CC(C)(C)O)c5)C[C@H]4C)nc3c2cc1F. The van der Waals surface area contributed by atoms with Crippen LogP contribution >= 0.6 is 0 Å². The Bertz CT molecular complexity index is 1340. The maximum Gasteiger partial charge on any atom is 0.223 e. The van der Waals surface area contributed by atoms with Crippen LogP contribution in [0.15, 0.2) is 24.5 Å². The van der Waals surface area contributed by atoms with E-state index in [1.165, 1.54) is 23.8 Å². The van der Waals surface area contributed by atoms with Crippen LogP contribution in [0.25, 0.3) is 16.6 Å². The van der Waals surface area contributed by atoms with Gasteiger partial charge in [-0.15, -0.1) is 5.10 Å². The Morgan fingerprint density at radius 1 is 1.27 bits per heavy atom. The number of rotatable bonds is 5. The van der Waals surface area contributed by atoms with Gasteiger partial charge in [-0.2, -0.15) is 9.61 Å². The largest absolute Gasteiger partial charge is 0.494 e. The van der Waals surface area contributed by atoms with Gasteiger partial charge in [0.25, 0.3) is 0 Å². The molecule has 1 saturated heterocycles. The van der Waals surface area contributed by atoms with Gasteiger partial charge in [0.1, 0.15) is 0 Å². The lowest BCUT2D eigenvalue weighted by Crippen LogP contribution is -2.26. The average molecular weight is 455 g/mol. The van der Waals surface area contributed by atoms with Crippen molar-refractivity contribution in [2.24, 2.45) is 5.92 Å². The van der Waals surface area contributed by atoms with Gasteiger partial charge in [-0.05, 0) is 25.8 Å². The second-order valence-corrected chi connectivity index (χ2v) is 9.38. The fraction of sp³-hybridized carbons (Fsp3) is 0.455. The van der Waals surface area contributed by atoms with Gasteiger partial charge in [0.05, 0.1) is 36.7 Å². The van der Waals surface area contributed by atoms with Crippen LogP contribution in [0.3, 0.4) is 0 Å². The summed E-state index contributed by atoms with van der Waals surface area (Å²) in [5.74, 6) is 0.763. The van der Waals surface area contributed by atoms with Crippen molar-refractivity contribution in [2.45, 2.75) is 38.8 Å². The Morgan fingerprint density at radius 3 is 2.79 bits per heavy atom. The molecule has 1 aliphatic heterocycles. The normalized spacial score (nSPS) is 19.2. The summed E-state index contributed by atoms with van der Waals surface area (Å²) in [5, 5.41) is 19.6. The first-order valence-electron chi connectivity index (χ1n) is 10.8. The number of fused-ring (bicyclic) bond motifs is 3. The molecule has 0 aliphatic carbocycles. The van der Waals surface area contributed by atoms with E-state index in [1.807, 2.05) is 12.4 Å². The molecule has 4 heterocycles. The molecule has 3 N–H and O–H groups in total. The first kappa shape index (κ1) is 21.4. The fourth-order valence-corrected chi connectivity index (χ4v) is 4.47. The number of anilines is 2. The van der Waals surface area contributed by atoms with E-state index < -0.39 is 11.4 Å². The molecule has 10 nitrogen and oxygen atoms in total. The molecule has 5 rings (SSSR count).